The van der Waals surface area contributed by atoms with Crippen LogP contribution in [0, 0.1) is 0 Å². The number of fused-ring (bicyclic) bond motifs is 2. The topological polar surface area (TPSA) is 35.5 Å². The SMILES string of the molecule is CCOC=O.CCc1cccc2c1Cc1ccccc1O2. The van der Waals surface area contributed by atoms with Gasteiger partial charge in [0.2, 0.25) is 0 Å². The van der Waals surface area contributed by atoms with Gasteiger partial charge in [-0.15, -0.1) is 0 Å². The van der Waals surface area contributed by atoms with Crippen molar-refractivity contribution in [3.05, 3.63) is 59.2 Å². The molecule has 1 aliphatic heterocycles. The fraction of sp³-hybridized carbons (Fsp3) is 0.278. The van der Waals surface area contributed by atoms with Crippen LogP contribution in [0.25, 0.3) is 0 Å². The quantitative estimate of drug-likeness (QED) is 0.678. The molecule has 1 heterocycles. The molecular weight excluding hydrogens is 264 g/mol. The first-order valence-electron chi connectivity index (χ1n) is 7.21. The van der Waals surface area contributed by atoms with Gasteiger partial charge in [-0.25, -0.2) is 0 Å². The van der Waals surface area contributed by atoms with Gasteiger partial charge in [-0.2, -0.15) is 0 Å². The van der Waals surface area contributed by atoms with Crippen molar-refractivity contribution in [3.8, 4) is 11.5 Å². The van der Waals surface area contributed by atoms with Gasteiger partial charge in [0.1, 0.15) is 11.5 Å². The molecule has 0 saturated heterocycles. The summed E-state index contributed by atoms with van der Waals surface area (Å²) < 4.78 is 10.1. The molecule has 0 radical (unpaired) electrons. The number of carbonyl (C=O) groups is 1. The summed E-state index contributed by atoms with van der Waals surface area (Å²) in [6.07, 6.45) is 2.06. The Morgan fingerprint density at radius 1 is 1.10 bits per heavy atom. The summed E-state index contributed by atoms with van der Waals surface area (Å²) in [7, 11) is 0. The number of hydrogen-bond acceptors (Lipinski definition) is 3. The molecule has 0 aromatic heterocycles. The van der Waals surface area contributed by atoms with Gasteiger partial charge in [0.25, 0.3) is 6.47 Å². The molecule has 0 atom stereocenters. The zero-order valence-corrected chi connectivity index (χ0v) is 12.5. The van der Waals surface area contributed by atoms with Crippen LogP contribution in [0.15, 0.2) is 42.5 Å². The molecule has 2 aromatic rings. The Balaban J connectivity index is 0.000000282. The summed E-state index contributed by atoms with van der Waals surface area (Å²) in [5.74, 6) is 2.03. The van der Waals surface area contributed by atoms with Crippen molar-refractivity contribution in [2.75, 3.05) is 6.61 Å². The van der Waals surface area contributed by atoms with Crippen LogP contribution in [0.1, 0.15) is 30.5 Å². The molecule has 0 spiro atoms. The number of para-hydroxylation sites is 1. The highest BCUT2D eigenvalue weighted by Crippen LogP contribution is 2.37. The van der Waals surface area contributed by atoms with Crippen LogP contribution < -0.4 is 4.74 Å². The molecule has 0 N–H and O–H groups in total. The number of benzene rings is 2. The third-order valence-corrected chi connectivity index (χ3v) is 3.41. The highest BCUT2D eigenvalue weighted by molar-refractivity contribution is 5.52. The summed E-state index contributed by atoms with van der Waals surface area (Å²) in [5.41, 5.74) is 4.03. The van der Waals surface area contributed by atoms with Crippen molar-refractivity contribution >= 4 is 6.47 Å². The Labute approximate surface area is 125 Å². The minimum absolute atomic E-state index is 0.431. The lowest BCUT2D eigenvalue weighted by Gasteiger charge is -2.22. The minimum Gasteiger partial charge on any atom is -0.468 e. The molecule has 0 fully saturated rings. The molecule has 0 amide bonds. The Hall–Kier alpha value is -2.29. The van der Waals surface area contributed by atoms with Crippen molar-refractivity contribution < 1.29 is 14.3 Å². The summed E-state index contributed by atoms with van der Waals surface area (Å²) >= 11 is 0. The molecule has 0 saturated carbocycles. The summed E-state index contributed by atoms with van der Waals surface area (Å²) in [5, 5.41) is 0. The van der Waals surface area contributed by atoms with Crippen LogP contribution in [0.2, 0.25) is 0 Å². The molecular formula is C18H20O3. The summed E-state index contributed by atoms with van der Waals surface area (Å²) in [6.45, 7) is 4.86. The lowest BCUT2D eigenvalue weighted by Crippen LogP contribution is -2.05. The van der Waals surface area contributed by atoms with Gasteiger partial charge in [0, 0.05) is 12.0 Å². The average molecular weight is 284 g/mol. The standard InChI is InChI=1S/C15H14O.C3H6O2/c1-2-11-7-5-9-15-13(11)10-12-6-3-4-8-14(12)16-15;1-2-5-3-4/h3-9H,2,10H2,1H3;3H,2H2,1H3. The first kappa shape index (κ1) is 15.1. The van der Waals surface area contributed by atoms with Crippen LogP contribution in [0.4, 0.5) is 0 Å². The van der Waals surface area contributed by atoms with E-state index in [1.807, 2.05) is 12.1 Å². The second kappa shape index (κ2) is 7.48. The van der Waals surface area contributed by atoms with E-state index in [1.165, 1.54) is 16.7 Å². The number of ether oxygens (including phenoxy) is 2. The maximum absolute atomic E-state index is 9.18. The van der Waals surface area contributed by atoms with Crippen molar-refractivity contribution in [3.63, 3.8) is 0 Å². The lowest BCUT2D eigenvalue weighted by molar-refractivity contribution is -0.128. The fourth-order valence-electron chi connectivity index (χ4n) is 2.36. The summed E-state index contributed by atoms with van der Waals surface area (Å²) in [4.78, 5) is 9.18. The van der Waals surface area contributed by atoms with Crippen LogP contribution in [-0.2, 0) is 22.4 Å². The van der Waals surface area contributed by atoms with E-state index in [-0.39, 0.29) is 0 Å². The summed E-state index contributed by atoms with van der Waals surface area (Å²) in [6, 6.07) is 14.6. The monoisotopic (exact) mass is 284 g/mol. The van der Waals surface area contributed by atoms with E-state index in [4.69, 9.17) is 4.74 Å². The van der Waals surface area contributed by atoms with E-state index in [0.29, 0.717) is 13.1 Å². The number of rotatable bonds is 3. The second-order valence-electron chi connectivity index (χ2n) is 4.69. The third-order valence-electron chi connectivity index (χ3n) is 3.41. The van der Waals surface area contributed by atoms with Crippen molar-refractivity contribution in [2.24, 2.45) is 0 Å². The molecule has 3 heteroatoms. The van der Waals surface area contributed by atoms with Gasteiger partial charge in [0.05, 0.1) is 6.61 Å². The fourth-order valence-corrected chi connectivity index (χ4v) is 2.36. The molecule has 0 aliphatic carbocycles. The molecule has 0 bridgehead atoms. The normalized spacial score (nSPS) is 11.1. The highest BCUT2D eigenvalue weighted by atomic mass is 16.5. The van der Waals surface area contributed by atoms with Gasteiger partial charge in [-0.1, -0.05) is 37.3 Å². The van der Waals surface area contributed by atoms with Gasteiger partial charge in [-0.05, 0) is 36.6 Å². The minimum atomic E-state index is 0.431. The smallest absolute Gasteiger partial charge is 0.293 e. The van der Waals surface area contributed by atoms with Gasteiger partial charge in [-0.3, -0.25) is 4.79 Å². The molecule has 3 nitrogen and oxygen atoms in total. The first-order chi connectivity index (χ1) is 10.3. The molecule has 21 heavy (non-hydrogen) atoms. The Kier molecular flexibility index (Phi) is 5.38. The van der Waals surface area contributed by atoms with Crippen molar-refractivity contribution in [2.45, 2.75) is 26.7 Å². The van der Waals surface area contributed by atoms with Crippen LogP contribution in [0.5, 0.6) is 11.5 Å². The Morgan fingerprint density at radius 3 is 2.52 bits per heavy atom. The van der Waals surface area contributed by atoms with Crippen LogP contribution in [0.3, 0.4) is 0 Å². The number of carbonyl (C=O) groups excluding carboxylic acids is 1. The first-order valence-corrected chi connectivity index (χ1v) is 7.21. The van der Waals surface area contributed by atoms with Crippen molar-refractivity contribution in [1.29, 1.82) is 0 Å². The van der Waals surface area contributed by atoms with Crippen molar-refractivity contribution in [1.82, 2.24) is 0 Å². The lowest BCUT2D eigenvalue weighted by atomic mass is 9.95. The maximum Gasteiger partial charge on any atom is 0.293 e. The predicted molar refractivity (Wildman–Crippen MR) is 82.8 cm³/mol. The van der Waals surface area contributed by atoms with E-state index in [2.05, 4.69) is 42.0 Å². The predicted octanol–water partition coefficient (Wildman–Crippen LogP) is 4.12. The highest BCUT2D eigenvalue weighted by Gasteiger charge is 2.17. The molecule has 110 valence electrons. The van der Waals surface area contributed by atoms with Gasteiger partial charge in [0.15, 0.2) is 0 Å². The largest absolute Gasteiger partial charge is 0.468 e. The van der Waals surface area contributed by atoms with E-state index < -0.39 is 0 Å². The molecule has 3 rings (SSSR count). The number of aryl methyl sites for hydroxylation is 1. The van der Waals surface area contributed by atoms with Gasteiger partial charge >= 0.3 is 0 Å². The van der Waals surface area contributed by atoms with E-state index in [0.717, 1.165) is 24.3 Å². The Morgan fingerprint density at radius 2 is 1.86 bits per heavy atom. The molecule has 2 aromatic carbocycles. The van der Waals surface area contributed by atoms with Crippen LogP contribution in [-0.4, -0.2) is 13.1 Å². The van der Waals surface area contributed by atoms with E-state index in [1.54, 1.807) is 6.92 Å². The third kappa shape index (κ3) is 3.63. The second-order valence-corrected chi connectivity index (χ2v) is 4.69. The zero-order valence-electron chi connectivity index (χ0n) is 12.5. The number of hydrogen-bond donors (Lipinski definition) is 0. The molecule has 0 unspecified atom stereocenters. The average Bonchev–Trinajstić information content (AvgIpc) is 2.53. The van der Waals surface area contributed by atoms with E-state index >= 15 is 0 Å². The van der Waals surface area contributed by atoms with Gasteiger partial charge < -0.3 is 9.47 Å². The molecule has 1 aliphatic rings. The Bertz CT molecular complexity index is 605. The van der Waals surface area contributed by atoms with Crippen LogP contribution >= 0.6 is 0 Å². The maximum atomic E-state index is 9.18. The zero-order chi connectivity index (χ0) is 15.1. The van der Waals surface area contributed by atoms with E-state index in [9.17, 15) is 4.79 Å².